The molecule has 2 fully saturated rings. The van der Waals surface area contributed by atoms with Gasteiger partial charge in [0.15, 0.2) is 0 Å². The molecule has 0 aromatic carbocycles. The Hall–Kier alpha value is -2.29. The highest BCUT2D eigenvalue weighted by molar-refractivity contribution is 5.96. The fraction of sp³-hybridized carbons (Fsp3) is 0.706. The van der Waals surface area contributed by atoms with Crippen molar-refractivity contribution in [3.05, 3.63) is 11.9 Å². The van der Waals surface area contributed by atoms with Gasteiger partial charge in [0.25, 0.3) is 0 Å². The van der Waals surface area contributed by atoms with Gasteiger partial charge >= 0.3 is 12.1 Å². The average Bonchev–Trinajstić information content (AvgIpc) is 3.19. The van der Waals surface area contributed by atoms with E-state index in [2.05, 4.69) is 10.4 Å². The second-order valence-corrected chi connectivity index (χ2v) is 8.15. The summed E-state index contributed by atoms with van der Waals surface area (Å²) in [5, 5.41) is 7.40. The summed E-state index contributed by atoms with van der Waals surface area (Å²) >= 11 is 0. The largest absolute Gasteiger partial charge is 0.444 e. The minimum absolute atomic E-state index is 0.00234. The van der Waals surface area contributed by atoms with Crippen LogP contribution in [0, 0.1) is 0 Å². The molecule has 26 heavy (non-hydrogen) atoms. The normalized spacial score (nSPS) is 28.0. The van der Waals surface area contributed by atoms with E-state index >= 15 is 0 Å². The van der Waals surface area contributed by atoms with Crippen molar-refractivity contribution in [1.29, 1.82) is 0 Å². The summed E-state index contributed by atoms with van der Waals surface area (Å²) in [6.45, 7) is 9.47. The monoisotopic (exact) mass is 363 g/mol. The summed E-state index contributed by atoms with van der Waals surface area (Å²) in [5.41, 5.74) is 1.03. The van der Waals surface area contributed by atoms with Gasteiger partial charge in [-0.15, -0.1) is 0 Å². The van der Waals surface area contributed by atoms with Crippen LogP contribution in [-0.2, 0) is 22.6 Å². The van der Waals surface area contributed by atoms with Gasteiger partial charge in [0.2, 0.25) is 0 Å². The van der Waals surface area contributed by atoms with Crippen molar-refractivity contribution in [1.82, 2.24) is 20.0 Å². The molecule has 0 radical (unpaired) electrons. The lowest BCUT2D eigenvalue weighted by Crippen LogP contribution is -2.47. The smallest absolute Gasteiger partial charge is 0.410 e. The highest BCUT2D eigenvalue weighted by Crippen LogP contribution is 2.33. The van der Waals surface area contributed by atoms with Crippen molar-refractivity contribution in [2.45, 2.75) is 64.5 Å². The highest BCUT2D eigenvalue weighted by atomic mass is 16.6. The number of rotatable bonds is 1. The van der Waals surface area contributed by atoms with Gasteiger partial charge in [-0.1, -0.05) is 0 Å². The molecule has 0 bridgehead atoms. The lowest BCUT2D eigenvalue weighted by Gasteiger charge is -2.36. The molecule has 4 rings (SSSR count). The number of aromatic nitrogens is 2. The first-order valence-electron chi connectivity index (χ1n) is 8.96. The van der Waals surface area contributed by atoms with Crippen molar-refractivity contribution < 1.29 is 19.1 Å². The quantitative estimate of drug-likeness (QED) is 0.813. The van der Waals surface area contributed by atoms with Gasteiger partial charge in [-0.3, -0.25) is 14.5 Å². The first-order chi connectivity index (χ1) is 12.2. The first kappa shape index (κ1) is 17.1. The number of carbonyl (C=O) groups is 2. The Bertz CT molecular complexity index is 740. The van der Waals surface area contributed by atoms with Gasteiger partial charge in [0.05, 0.1) is 62.0 Å². The fourth-order valence-corrected chi connectivity index (χ4v) is 3.76. The topological polar surface area (TPSA) is 88.9 Å². The van der Waals surface area contributed by atoms with E-state index in [-0.39, 0.29) is 30.2 Å². The van der Waals surface area contributed by atoms with Crippen molar-refractivity contribution >= 4 is 17.8 Å². The van der Waals surface area contributed by atoms with Crippen LogP contribution in [0.1, 0.15) is 33.4 Å². The van der Waals surface area contributed by atoms with E-state index in [1.807, 2.05) is 32.4 Å². The molecule has 1 aromatic rings. The van der Waals surface area contributed by atoms with Crippen molar-refractivity contribution in [2.24, 2.45) is 0 Å². The summed E-state index contributed by atoms with van der Waals surface area (Å²) in [7, 11) is 0. The molecule has 0 saturated carbocycles. The Morgan fingerprint density at radius 2 is 2.15 bits per heavy atom. The van der Waals surface area contributed by atoms with E-state index < -0.39 is 5.60 Å². The third-order valence-corrected chi connectivity index (χ3v) is 5.01. The highest BCUT2D eigenvalue weighted by Gasteiger charge is 2.46. The zero-order chi connectivity index (χ0) is 18.6. The summed E-state index contributed by atoms with van der Waals surface area (Å²) in [6, 6.07) is -0.213. The number of fused-ring (bicyclic) bond motifs is 2. The maximum atomic E-state index is 12.6. The summed E-state index contributed by atoms with van der Waals surface area (Å²) in [6.07, 6.45) is 1.36. The molecule has 1 aromatic heterocycles. The second kappa shape index (κ2) is 5.87. The van der Waals surface area contributed by atoms with Crippen molar-refractivity contribution in [3.63, 3.8) is 0 Å². The Morgan fingerprint density at radius 3 is 2.88 bits per heavy atom. The van der Waals surface area contributed by atoms with Crippen LogP contribution in [-0.4, -0.2) is 63.7 Å². The summed E-state index contributed by atoms with van der Waals surface area (Å²) in [4.78, 5) is 28.5. The predicted octanol–water partition coefficient (Wildman–Crippen LogP) is 1.32. The number of hydrogen-bond acceptors (Lipinski definition) is 5. The van der Waals surface area contributed by atoms with Crippen molar-refractivity contribution in [2.75, 3.05) is 18.1 Å². The molecule has 4 heterocycles. The molecule has 3 aliphatic heterocycles. The average molecular weight is 363 g/mol. The third-order valence-electron chi connectivity index (χ3n) is 5.01. The molecular formula is C17H25N5O4. The van der Waals surface area contributed by atoms with Gasteiger partial charge in [0.1, 0.15) is 5.60 Å². The molecule has 0 spiro atoms. The molecule has 9 nitrogen and oxygen atoms in total. The predicted molar refractivity (Wildman–Crippen MR) is 92.9 cm³/mol. The van der Waals surface area contributed by atoms with Gasteiger partial charge in [-0.05, 0) is 27.7 Å². The zero-order valence-corrected chi connectivity index (χ0v) is 15.6. The molecular weight excluding hydrogens is 338 g/mol. The van der Waals surface area contributed by atoms with Crippen LogP contribution in [0.4, 0.5) is 15.3 Å². The Balaban J connectivity index is 1.61. The van der Waals surface area contributed by atoms with Crippen LogP contribution in [0.15, 0.2) is 6.20 Å². The molecule has 142 valence electrons. The van der Waals surface area contributed by atoms with E-state index in [1.165, 1.54) is 0 Å². The number of carbonyl (C=O) groups excluding carboxylic acids is 2. The maximum absolute atomic E-state index is 12.6. The molecule has 9 heteroatoms. The van der Waals surface area contributed by atoms with Crippen LogP contribution in [0.5, 0.6) is 0 Å². The number of nitrogens with zero attached hydrogens (tertiary/aromatic N) is 4. The van der Waals surface area contributed by atoms with E-state index in [0.29, 0.717) is 26.3 Å². The van der Waals surface area contributed by atoms with Crippen LogP contribution in [0.3, 0.4) is 0 Å². The minimum atomic E-state index is -0.555. The standard InChI is InChI=1S/C17H25N5O4/c1-10-6-21-13(7-20(10)16(24)26-17(2,3)4)12(5-18-21)22-14-9-25-8-11(14)19-15(22)23/h5,10-11,14H,6-9H2,1-4H3,(H,19,23)/t10-,11?,14?/m0/s1. The molecule has 1 N–H and O–H groups in total. The van der Waals surface area contributed by atoms with E-state index in [9.17, 15) is 9.59 Å². The van der Waals surface area contributed by atoms with Gasteiger partial charge in [-0.2, -0.15) is 5.10 Å². The molecule has 2 unspecified atom stereocenters. The van der Waals surface area contributed by atoms with Crippen LogP contribution in [0.25, 0.3) is 0 Å². The lowest BCUT2D eigenvalue weighted by molar-refractivity contribution is 0.00913. The Kier molecular flexibility index (Phi) is 3.87. The number of hydrogen-bond donors (Lipinski definition) is 1. The zero-order valence-electron chi connectivity index (χ0n) is 15.6. The molecule has 3 aliphatic rings. The fourth-order valence-electron chi connectivity index (χ4n) is 3.76. The first-order valence-corrected chi connectivity index (χ1v) is 8.96. The number of urea groups is 1. The Morgan fingerprint density at radius 1 is 1.38 bits per heavy atom. The molecule has 2 saturated heterocycles. The van der Waals surface area contributed by atoms with Gasteiger partial charge < -0.3 is 14.8 Å². The number of anilines is 1. The molecule has 3 amide bonds. The van der Waals surface area contributed by atoms with Crippen molar-refractivity contribution in [3.8, 4) is 0 Å². The van der Waals surface area contributed by atoms with E-state index in [0.717, 1.165) is 11.4 Å². The van der Waals surface area contributed by atoms with Crippen LogP contribution in [0.2, 0.25) is 0 Å². The molecule has 0 aliphatic carbocycles. The number of nitrogens with one attached hydrogen (secondary N) is 1. The maximum Gasteiger partial charge on any atom is 0.410 e. The number of amides is 3. The molecule has 3 atom stereocenters. The second-order valence-electron chi connectivity index (χ2n) is 8.15. The van der Waals surface area contributed by atoms with E-state index in [4.69, 9.17) is 9.47 Å². The Labute approximate surface area is 152 Å². The van der Waals surface area contributed by atoms with E-state index in [1.54, 1.807) is 16.0 Å². The van der Waals surface area contributed by atoms with Crippen LogP contribution < -0.4 is 10.2 Å². The summed E-state index contributed by atoms with van der Waals surface area (Å²) < 4.78 is 12.9. The van der Waals surface area contributed by atoms with Gasteiger partial charge in [0, 0.05) is 0 Å². The SMILES string of the molecule is C[C@H]1Cn2ncc(N3C(=O)NC4COCC43)c2CN1C(=O)OC(C)(C)C. The van der Waals surface area contributed by atoms with Crippen LogP contribution >= 0.6 is 0 Å². The lowest BCUT2D eigenvalue weighted by atomic mass is 10.1. The summed E-state index contributed by atoms with van der Waals surface area (Å²) in [5.74, 6) is 0. The van der Waals surface area contributed by atoms with Gasteiger partial charge in [-0.25, -0.2) is 9.59 Å². The minimum Gasteiger partial charge on any atom is -0.444 e. The number of ether oxygens (including phenoxy) is 2. The third kappa shape index (κ3) is 2.80.